The van der Waals surface area contributed by atoms with E-state index in [1.165, 1.54) is 6.92 Å². The van der Waals surface area contributed by atoms with Gasteiger partial charge in [0.25, 0.3) is 0 Å². The van der Waals surface area contributed by atoms with Gasteiger partial charge in [-0.1, -0.05) is 0 Å². The van der Waals surface area contributed by atoms with Crippen molar-refractivity contribution in [3.63, 3.8) is 0 Å². The van der Waals surface area contributed by atoms with Crippen molar-refractivity contribution in [2.24, 2.45) is 17.2 Å². The predicted molar refractivity (Wildman–Crippen MR) is 135 cm³/mol. The second-order valence-corrected chi connectivity index (χ2v) is 11.4. The molecule has 1 aliphatic carbocycles. The molecule has 14 heteroatoms. The summed E-state index contributed by atoms with van der Waals surface area (Å²) in [6, 6.07) is -2.91. The van der Waals surface area contributed by atoms with Crippen molar-refractivity contribution in [3.8, 4) is 0 Å². The first-order valence-electron chi connectivity index (χ1n) is 12.9. The normalized spacial score (nSPS) is 42.1. The SMILES string of the molecule is CN[C@@H]1[C@@H](O)[C@@H](O[C@H]2[C@H](N)C[C@H](NC(=O)OC(C)(C)C)C(O[C@H]3OC(CN)=CC[C@H]3N)[C@@H]2O)OC[C@]1(C)O. The number of aliphatic hydroxyl groups is 3. The van der Waals surface area contributed by atoms with Crippen LogP contribution < -0.4 is 27.8 Å². The number of rotatable bonds is 7. The number of carbonyl (C=O) groups excluding carboxylic acids is 1. The van der Waals surface area contributed by atoms with Crippen LogP contribution in [0, 0.1) is 0 Å². The Morgan fingerprint density at radius 2 is 1.82 bits per heavy atom. The Balaban J connectivity index is 1.81. The molecule has 1 unspecified atom stereocenters. The van der Waals surface area contributed by atoms with Gasteiger partial charge in [-0.3, -0.25) is 0 Å². The lowest BCUT2D eigenvalue weighted by molar-refractivity contribution is -0.303. The van der Waals surface area contributed by atoms with Gasteiger partial charge >= 0.3 is 6.09 Å². The van der Waals surface area contributed by atoms with E-state index >= 15 is 0 Å². The van der Waals surface area contributed by atoms with Gasteiger partial charge in [-0.15, -0.1) is 0 Å². The van der Waals surface area contributed by atoms with Crippen LogP contribution in [0.25, 0.3) is 0 Å². The Hall–Kier alpha value is -1.59. The van der Waals surface area contributed by atoms with Crippen molar-refractivity contribution in [3.05, 3.63) is 11.8 Å². The summed E-state index contributed by atoms with van der Waals surface area (Å²) in [5.74, 6) is 0.493. The van der Waals surface area contributed by atoms with Crippen molar-refractivity contribution >= 4 is 6.09 Å². The molecule has 0 aromatic rings. The van der Waals surface area contributed by atoms with Gasteiger partial charge in [-0.25, -0.2) is 4.79 Å². The zero-order valence-corrected chi connectivity index (χ0v) is 22.7. The smallest absolute Gasteiger partial charge is 0.407 e. The highest BCUT2D eigenvalue weighted by Crippen LogP contribution is 2.32. The monoisotopic (exact) mass is 547 g/mol. The van der Waals surface area contributed by atoms with Crippen molar-refractivity contribution < 1.29 is 43.8 Å². The van der Waals surface area contributed by atoms with E-state index in [0.29, 0.717) is 12.2 Å². The van der Waals surface area contributed by atoms with E-state index in [0.717, 1.165) is 0 Å². The summed E-state index contributed by atoms with van der Waals surface area (Å²) >= 11 is 0. The molecule has 2 aliphatic heterocycles. The summed E-state index contributed by atoms with van der Waals surface area (Å²) in [4.78, 5) is 12.6. The molecule has 2 heterocycles. The molecule has 2 fully saturated rings. The molecule has 3 aliphatic rings. The number of amides is 1. The number of alkyl carbamates (subject to hydrolysis) is 1. The Kier molecular flexibility index (Phi) is 10.0. The molecule has 0 radical (unpaired) electrons. The highest BCUT2D eigenvalue weighted by atomic mass is 16.7. The number of ether oxygens (including phenoxy) is 5. The number of hydrogen-bond donors (Lipinski definition) is 8. The number of hydrogen-bond acceptors (Lipinski definition) is 13. The summed E-state index contributed by atoms with van der Waals surface area (Å²) in [5.41, 5.74) is 16.2. The molecule has 14 nitrogen and oxygen atoms in total. The van der Waals surface area contributed by atoms with Crippen molar-refractivity contribution in [1.82, 2.24) is 10.6 Å². The molecule has 0 aromatic heterocycles. The summed E-state index contributed by atoms with van der Waals surface area (Å²) in [7, 11) is 1.60. The van der Waals surface area contributed by atoms with Gasteiger partial charge < -0.3 is 66.8 Å². The molecule has 38 heavy (non-hydrogen) atoms. The molecule has 11 N–H and O–H groups in total. The van der Waals surface area contributed by atoms with Crippen molar-refractivity contribution in [1.29, 1.82) is 0 Å². The molecule has 1 amide bonds. The zero-order chi connectivity index (χ0) is 28.4. The van der Waals surface area contributed by atoms with Gasteiger partial charge in [-0.05, 0) is 53.7 Å². The molecule has 1 saturated heterocycles. The lowest BCUT2D eigenvalue weighted by Crippen LogP contribution is -2.69. The zero-order valence-electron chi connectivity index (χ0n) is 22.7. The van der Waals surface area contributed by atoms with Gasteiger partial charge in [0.15, 0.2) is 6.29 Å². The maximum Gasteiger partial charge on any atom is 0.407 e. The fourth-order valence-corrected chi connectivity index (χ4v) is 5.00. The van der Waals surface area contributed by atoms with Crippen LogP contribution in [-0.4, -0.2) is 114 Å². The van der Waals surface area contributed by atoms with E-state index in [1.54, 1.807) is 33.9 Å². The topological polar surface area (TPSA) is 226 Å². The molecular weight excluding hydrogens is 502 g/mol. The molecule has 0 spiro atoms. The fraction of sp³-hybridized carbons (Fsp3) is 0.875. The third-order valence-electron chi connectivity index (χ3n) is 6.88. The third kappa shape index (κ3) is 7.33. The second kappa shape index (κ2) is 12.3. The van der Waals surface area contributed by atoms with Crippen LogP contribution in [0.1, 0.15) is 40.5 Å². The van der Waals surface area contributed by atoms with Gasteiger partial charge in [0, 0.05) is 6.04 Å². The van der Waals surface area contributed by atoms with Crippen LogP contribution >= 0.6 is 0 Å². The van der Waals surface area contributed by atoms with E-state index in [9.17, 15) is 20.1 Å². The van der Waals surface area contributed by atoms with E-state index in [4.69, 9.17) is 40.9 Å². The van der Waals surface area contributed by atoms with E-state index in [-0.39, 0.29) is 19.6 Å². The average molecular weight is 548 g/mol. The van der Waals surface area contributed by atoms with Crippen LogP contribution in [0.4, 0.5) is 4.79 Å². The molecule has 1 saturated carbocycles. The number of nitrogens with one attached hydrogen (secondary N) is 2. The first kappa shape index (κ1) is 30.9. The number of carbonyl (C=O) groups is 1. The van der Waals surface area contributed by atoms with Crippen molar-refractivity contribution in [2.75, 3.05) is 20.2 Å². The number of nitrogens with two attached hydrogens (primary N) is 3. The van der Waals surface area contributed by atoms with Crippen molar-refractivity contribution in [2.45, 2.75) is 113 Å². The summed E-state index contributed by atoms with van der Waals surface area (Å²) in [5, 5.41) is 38.4. The minimum atomic E-state index is -1.40. The van der Waals surface area contributed by atoms with Crippen LogP contribution in [-0.2, 0) is 23.7 Å². The molecule has 11 atom stereocenters. The van der Waals surface area contributed by atoms with Crippen LogP contribution in [0.3, 0.4) is 0 Å². The quantitative estimate of drug-likeness (QED) is 0.168. The minimum Gasteiger partial charge on any atom is -0.467 e. The van der Waals surface area contributed by atoms with Crippen LogP contribution in [0.2, 0.25) is 0 Å². The predicted octanol–water partition coefficient (Wildman–Crippen LogP) is -2.29. The van der Waals surface area contributed by atoms with E-state index in [1.807, 2.05) is 0 Å². The highest BCUT2D eigenvalue weighted by Gasteiger charge is 2.51. The largest absolute Gasteiger partial charge is 0.467 e. The highest BCUT2D eigenvalue weighted by molar-refractivity contribution is 5.68. The van der Waals surface area contributed by atoms with Gasteiger partial charge in [0.05, 0.1) is 31.3 Å². The maximum absolute atomic E-state index is 12.6. The second-order valence-electron chi connectivity index (χ2n) is 11.4. The number of aliphatic hydroxyl groups excluding tert-OH is 2. The summed E-state index contributed by atoms with van der Waals surface area (Å²) < 4.78 is 28.9. The Bertz CT molecular complexity index is 839. The molecule has 3 rings (SSSR count). The summed E-state index contributed by atoms with van der Waals surface area (Å²) in [6.45, 7) is 6.73. The molecule has 220 valence electrons. The van der Waals surface area contributed by atoms with Gasteiger partial charge in [-0.2, -0.15) is 0 Å². The fourth-order valence-electron chi connectivity index (χ4n) is 5.00. The number of likely N-dealkylation sites (N-methyl/N-ethyl adjacent to an activating group) is 1. The minimum absolute atomic E-state index is 0.125. The Morgan fingerprint density at radius 1 is 1.16 bits per heavy atom. The first-order chi connectivity index (χ1) is 17.7. The lowest BCUT2D eigenvalue weighted by atomic mass is 9.83. The first-order valence-corrected chi connectivity index (χ1v) is 12.9. The van der Waals surface area contributed by atoms with E-state index < -0.39 is 78.5 Å². The van der Waals surface area contributed by atoms with Crippen LogP contribution in [0.5, 0.6) is 0 Å². The van der Waals surface area contributed by atoms with Gasteiger partial charge in [0.2, 0.25) is 6.29 Å². The van der Waals surface area contributed by atoms with Crippen LogP contribution in [0.15, 0.2) is 11.8 Å². The molecule has 0 bridgehead atoms. The Labute approximate surface area is 223 Å². The molecular formula is C24H45N5O9. The van der Waals surface area contributed by atoms with Gasteiger partial charge in [0.1, 0.15) is 41.4 Å². The standard InChI is InChI=1S/C24H45N5O9/c1-23(2,3)38-22(32)29-14-8-13(27)17(36-21-16(31)19(28-5)24(4,33)10-34-21)15(30)18(14)37-20-12(26)7-6-11(9-25)35-20/h6,12-21,28,30-31,33H,7-10,25-27H2,1-5H3,(H,29,32)/t12-,13-,14+,15-,16-,17+,18?,19-,20-,21-,24+/m1/s1. The third-order valence-corrected chi connectivity index (χ3v) is 6.88. The average Bonchev–Trinajstić information content (AvgIpc) is 2.80. The van der Waals surface area contributed by atoms with E-state index in [2.05, 4.69) is 10.6 Å². The lowest BCUT2D eigenvalue weighted by Gasteiger charge is -2.48. The maximum atomic E-state index is 12.6. The molecule has 0 aromatic carbocycles. The summed E-state index contributed by atoms with van der Waals surface area (Å²) in [6.07, 6.45) is -5.34. The Morgan fingerprint density at radius 3 is 2.42 bits per heavy atom.